The van der Waals surface area contributed by atoms with Gasteiger partial charge in [0.25, 0.3) is 0 Å². The molecule has 0 radical (unpaired) electrons. The molecule has 0 aliphatic rings. The average molecular weight is 278 g/mol. The molecule has 2 N–H and O–H groups in total. The predicted octanol–water partition coefficient (Wildman–Crippen LogP) is 2.51. The van der Waals surface area contributed by atoms with Gasteiger partial charge in [0.2, 0.25) is 5.91 Å². The molecule has 1 rings (SSSR count). The van der Waals surface area contributed by atoms with Crippen molar-refractivity contribution in [2.24, 2.45) is 5.92 Å². The topological polar surface area (TPSA) is 50.4 Å². The maximum absolute atomic E-state index is 11.1. The summed E-state index contributed by atoms with van der Waals surface area (Å²) in [4.78, 5) is 11.1. The van der Waals surface area contributed by atoms with Crippen LogP contribution < -0.4 is 15.4 Å². The van der Waals surface area contributed by atoms with Crippen LogP contribution >= 0.6 is 0 Å². The van der Waals surface area contributed by atoms with Gasteiger partial charge >= 0.3 is 0 Å². The molecule has 4 nitrogen and oxygen atoms in total. The first-order valence-electron chi connectivity index (χ1n) is 7.19. The first-order valence-corrected chi connectivity index (χ1v) is 7.19. The van der Waals surface area contributed by atoms with Gasteiger partial charge in [-0.05, 0) is 30.5 Å². The Labute approximate surface area is 121 Å². The molecule has 1 atom stereocenters. The second-order valence-electron chi connectivity index (χ2n) is 5.37. The molecule has 0 bridgehead atoms. The SMILES string of the molecule is CNC(=O)CCNC(C)c1ccc(OCC(C)C)cc1. The van der Waals surface area contributed by atoms with Crippen LogP contribution in [0, 0.1) is 5.92 Å². The fraction of sp³-hybridized carbons (Fsp3) is 0.562. The number of nitrogens with one attached hydrogen (secondary N) is 2. The summed E-state index contributed by atoms with van der Waals surface area (Å²) in [7, 11) is 1.65. The van der Waals surface area contributed by atoms with Crippen LogP contribution in [0.15, 0.2) is 24.3 Å². The molecule has 0 aliphatic carbocycles. The van der Waals surface area contributed by atoms with Gasteiger partial charge in [-0.1, -0.05) is 26.0 Å². The molecule has 112 valence electrons. The Bertz CT molecular complexity index is 401. The summed E-state index contributed by atoms with van der Waals surface area (Å²) in [6, 6.07) is 8.34. The summed E-state index contributed by atoms with van der Waals surface area (Å²) < 4.78 is 5.66. The van der Waals surface area contributed by atoms with Crippen molar-refractivity contribution in [3.05, 3.63) is 29.8 Å². The van der Waals surface area contributed by atoms with E-state index in [1.807, 2.05) is 12.1 Å². The smallest absolute Gasteiger partial charge is 0.221 e. The van der Waals surface area contributed by atoms with Gasteiger partial charge in [0, 0.05) is 26.1 Å². The summed E-state index contributed by atoms with van der Waals surface area (Å²) in [5.74, 6) is 1.49. The van der Waals surface area contributed by atoms with Gasteiger partial charge in [0.1, 0.15) is 5.75 Å². The van der Waals surface area contributed by atoms with Crippen molar-refractivity contribution in [3.8, 4) is 5.75 Å². The van der Waals surface area contributed by atoms with Crippen molar-refractivity contribution in [3.63, 3.8) is 0 Å². The number of amides is 1. The number of hydrogen-bond donors (Lipinski definition) is 2. The van der Waals surface area contributed by atoms with Crippen molar-refractivity contribution in [1.29, 1.82) is 0 Å². The number of rotatable bonds is 8. The lowest BCUT2D eigenvalue weighted by atomic mass is 10.1. The molecule has 0 fully saturated rings. The van der Waals surface area contributed by atoms with E-state index in [0.29, 0.717) is 18.9 Å². The number of ether oxygens (including phenoxy) is 1. The Morgan fingerprint density at radius 3 is 2.40 bits per heavy atom. The third kappa shape index (κ3) is 6.06. The van der Waals surface area contributed by atoms with Gasteiger partial charge in [-0.2, -0.15) is 0 Å². The number of carbonyl (C=O) groups is 1. The molecule has 20 heavy (non-hydrogen) atoms. The summed E-state index contributed by atoms with van der Waals surface area (Å²) in [5, 5.41) is 5.95. The summed E-state index contributed by atoms with van der Waals surface area (Å²) in [5.41, 5.74) is 1.19. The van der Waals surface area contributed by atoms with Crippen molar-refractivity contribution < 1.29 is 9.53 Å². The molecule has 1 aromatic rings. The highest BCUT2D eigenvalue weighted by atomic mass is 16.5. The van der Waals surface area contributed by atoms with E-state index in [1.165, 1.54) is 5.56 Å². The molecule has 1 aromatic carbocycles. The summed E-state index contributed by atoms with van der Waals surface area (Å²) >= 11 is 0. The van der Waals surface area contributed by atoms with Gasteiger partial charge < -0.3 is 15.4 Å². The second kappa shape index (κ2) is 8.59. The third-order valence-electron chi connectivity index (χ3n) is 3.04. The monoisotopic (exact) mass is 278 g/mol. The van der Waals surface area contributed by atoms with E-state index in [2.05, 4.69) is 43.5 Å². The number of benzene rings is 1. The maximum Gasteiger partial charge on any atom is 0.221 e. The highest BCUT2D eigenvalue weighted by Gasteiger charge is 2.06. The lowest BCUT2D eigenvalue weighted by Crippen LogP contribution is -2.26. The van der Waals surface area contributed by atoms with Crippen LogP contribution in [-0.4, -0.2) is 26.1 Å². The van der Waals surface area contributed by atoms with Crippen molar-refractivity contribution in [2.45, 2.75) is 33.2 Å². The highest BCUT2D eigenvalue weighted by molar-refractivity contribution is 5.75. The van der Waals surface area contributed by atoms with Crippen LogP contribution in [0.3, 0.4) is 0 Å². The van der Waals surface area contributed by atoms with Gasteiger partial charge in [-0.3, -0.25) is 4.79 Å². The molecule has 0 saturated heterocycles. The second-order valence-corrected chi connectivity index (χ2v) is 5.37. The van der Waals surface area contributed by atoms with E-state index < -0.39 is 0 Å². The Hall–Kier alpha value is -1.55. The molecular formula is C16H26N2O2. The van der Waals surface area contributed by atoms with E-state index in [4.69, 9.17) is 4.74 Å². The summed E-state index contributed by atoms with van der Waals surface area (Å²) in [6.45, 7) is 7.76. The highest BCUT2D eigenvalue weighted by Crippen LogP contribution is 2.18. The Balaban J connectivity index is 2.40. The molecule has 1 amide bonds. The fourth-order valence-corrected chi connectivity index (χ4v) is 1.76. The molecule has 1 unspecified atom stereocenters. The lowest BCUT2D eigenvalue weighted by molar-refractivity contribution is -0.120. The molecular weight excluding hydrogens is 252 g/mol. The Morgan fingerprint density at radius 1 is 1.20 bits per heavy atom. The van der Waals surface area contributed by atoms with Crippen molar-refractivity contribution in [1.82, 2.24) is 10.6 Å². The van der Waals surface area contributed by atoms with Gasteiger partial charge in [0.05, 0.1) is 6.61 Å². The zero-order valence-corrected chi connectivity index (χ0v) is 12.9. The van der Waals surface area contributed by atoms with Crippen LogP contribution in [0.5, 0.6) is 5.75 Å². The van der Waals surface area contributed by atoms with Gasteiger partial charge in [-0.25, -0.2) is 0 Å². The Kier molecular flexibility index (Phi) is 7.09. The molecule has 0 aliphatic heterocycles. The molecule has 0 spiro atoms. The van der Waals surface area contributed by atoms with Crippen molar-refractivity contribution in [2.75, 3.05) is 20.2 Å². The average Bonchev–Trinajstić information content (AvgIpc) is 2.45. The lowest BCUT2D eigenvalue weighted by Gasteiger charge is -2.15. The number of hydrogen-bond acceptors (Lipinski definition) is 3. The first-order chi connectivity index (χ1) is 9.52. The standard InChI is InChI=1S/C16H26N2O2/c1-12(2)11-20-15-7-5-14(6-8-15)13(3)18-10-9-16(19)17-4/h5-8,12-13,18H,9-11H2,1-4H3,(H,17,19). The first kappa shape index (κ1) is 16.5. The molecule has 0 heterocycles. The largest absolute Gasteiger partial charge is 0.493 e. The third-order valence-corrected chi connectivity index (χ3v) is 3.04. The Morgan fingerprint density at radius 2 is 1.85 bits per heavy atom. The zero-order chi connectivity index (χ0) is 15.0. The van der Waals surface area contributed by atoms with E-state index in [1.54, 1.807) is 7.05 Å². The van der Waals surface area contributed by atoms with E-state index in [9.17, 15) is 4.79 Å². The molecule has 4 heteroatoms. The maximum atomic E-state index is 11.1. The minimum Gasteiger partial charge on any atom is -0.493 e. The van der Waals surface area contributed by atoms with Crippen LogP contribution in [0.2, 0.25) is 0 Å². The van der Waals surface area contributed by atoms with E-state index in [-0.39, 0.29) is 11.9 Å². The van der Waals surface area contributed by atoms with E-state index in [0.717, 1.165) is 12.4 Å². The van der Waals surface area contributed by atoms with Crippen molar-refractivity contribution >= 4 is 5.91 Å². The summed E-state index contributed by atoms with van der Waals surface area (Å²) in [6.07, 6.45) is 0.496. The van der Waals surface area contributed by atoms with E-state index >= 15 is 0 Å². The minimum absolute atomic E-state index is 0.0575. The van der Waals surface area contributed by atoms with Crippen LogP contribution in [0.4, 0.5) is 0 Å². The normalized spacial score (nSPS) is 12.2. The minimum atomic E-state index is 0.0575. The predicted molar refractivity (Wildman–Crippen MR) is 81.9 cm³/mol. The molecule has 0 aromatic heterocycles. The van der Waals surface area contributed by atoms with Crippen LogP contribution in [0.25, 0.3) is 0 Å². The zero-order valence-electron chi connectivity index (χ0n) is 12.9. The van der Waals surface area contributed by atoms with Crippen LogP contribution in [-0.2, 0) is 4.79 Å². The van der Waals surface area contributed by atoms with Gasteiger partial charge in [-0.15, -0.1) is 0 Å². The van der Waals surface area contributed by atoms with Gasteiger partial charge in [0.15, 0.2) is 0 Å². The van der Waals surface area contributed by atoms with Crippen LogP contribution in [0.1, 0.15) is 38.8 Å². The quantitative estimate of drug-likeness (QED) is 0.768. The number of carbonyl (C=O) groups excluding carboxylic acids is 1. The fourth-order valence-electron chi connectivity index (χ4n) is 1.76. The molecule has 0 saturated carbocycles.